The number of rotatable bonds is 3. The summed E-state index contributed by atoms with van der Waals surface area (Å²) in [6.45, 7) is 0.572. The molecule has 0 bridgehead atoms. The normalized spacial score (nSPS) is 18.4. The highest BCUT2D eigenvalue weighted by molar-refractivity contribution is 6.30. The van der Waals surface area contributed by atoms with E-state index < -0.39 is 0 Å². The van der Waals surface area contributed by atoms with Crippen LogP contribution in [0.1, 0.15) is 12.0 Å². The molecule has 20 heavy (non-hydrogen) atoms. The lowest BCUT2D eigenvalue weighted by Crippen LogP contribution is -2.24. The van der Waals surface area contributed by atoms with Crippen LogP contribution < -0.4 is 4.74 Å². The molecule has 3 heteroatoms. The summed E-state index contributed by atoms with van der Waals surface area (Å²) in [4.78, 5) is 0. The van der Waals surface area contributed by atoms with Crippen molar-refractivity contribution in [2.24, 2.45) is 0 Å². The smallest absolute Gasteiger partial charge is 0.204 e. The average molecular weight is 287 g/mol. The third-order valence-corrected chi connectivity index (χ3v) is 3.48. The number of benzene rings is 2. The predicted octanol–water partition coefficient (Wildman–Crippen LogP) is 4.55. The molecule has 0 fully saturated rings. The van der Waals surface area contributed by atoms with E-state index in [1.165, 1.54) is 11.1 Å². The van der Waals surface area contributed by atoms with Crippen LogP contribution in [0.25, 0.3) is 5.57 Å². The molecular weight excluding hydrogens is 272 g/mol. The summed E-state index contributed by atoms with van der Waals surface area (Å²) >= 11 is 5.86. The minimum atomic E-state index is -0.253. The van der Waals surface area contributed by atoms with Gasteiger partial charge in [0.1, 0.15) is 5.75 Å². The van der Waals surface area contributed by atoms with Crippen LogP contribution in [0.5, 0.6) is 5.75 Å². The zero-order valence-corrected chi connectivity index (χ0v) is 11.7. The summed E-state index contributed by atoms with van der Waals surface area (Å²) in [5, 5.41) is 0.701. The third-order valence-electron chi connectivity index (χ3n) is 3.22. The van der Waals surface area contributed by atoms with E-state index >= 15 is 0 Å². The van der Waals surface area contributed by atoms with E-state index in [1.54, 1.807) is 0 Å². The maximum atomic E-state index is 5.86. The van der Waals surface area contributed by atoms with Gasteiger partial charge in [0.2, 0.25) is 6.29 Å². The Morgan fingerprint density at radius 3 is 2.50 bits per heavy atom. The lowest BCUT2D eigenvalue weighted by Gasteiger charge is -2.24. The van der Waals surface area contributed by atoms with Gasteiger partial charge in [-0.3, -0.25) is 0 Å². The monoisotopic (exact) mass is 286 g/mol. The summed E-state index contributed by atoms with van der Waals surface area (Å²) in [5.74, 6) is 0.772. The first-order chi connectivity index (χ1) is 9.81. The minimum absolute atomic E-state index is 0.253. The lowest BCUT2D eigenvalue weighted by atomic mass is 10.0. The van der Waals surface area contributed by atoms with Gasteiger partial charge in [-0.1, -0.05) is 48.0 Å². The number of hydrogen-bond acceptors (Lipinski definition) is 2. The Hall–Kier alpha value is -1.77. The second-order valence-electron chi connectivity index (χ2n) is 4.63. The highest BCUT2D eigenvalue weighted by Crippen LogP contribution is 2.27. The topological polar surface area (TPSA) is 18.5 Å². The molecule has 1 aliphatic rings. The standard InChI is InChI=1S/C17H15ClO2/c18-15-6-8-16(9-7-15)20-17-12-14(10-11-19-17)13-4-2-1-3-5-13/h1-10,17H,11-12H2. The molecule has 102 valence electrons. The van der Waals surface area contributed by atoms with Crippen LogP contribution in [0.15, 0.2) is 60.7 Å². The van der Waals surface area contributed by atoms with E-state index in [0.29, 0.717) is 11.6 Å². The molecule has 0 aromatic heterocycles. The molecule has 0 spiro atoms. The van der Waals surface area contributed by atoms with Crippen molar-refractivity contribution in [3.63, 3.8) is 0 Å². The van der Waals surface area contributed by atoms with Crippen molar-refractivity contribution < 1.29 is 9.47 Å². The first-order valence-electron chi connectivity index (χ1n) is 6.59. The summed E-state index contributed by atoms with van der Waals surface area (Å²) in [6, 6.07) is 17.7. The lowest BCUT2D eigenvalue weighted by molar-refractivity contribution is -0.0696. The Morgan fingerprint density at radius 2 is 1.75 bits per heavy atom. The van der Waals surface area contributed by atoms with E-state index in [9.17, 15) is 0 Å². The Labute approximate surface area is 123 Å². The van der Waals surface area contributed by atoms with Crippen molar-refractivity contribution in [1.29, 1.82) is 0 Å². The first kappa shape index (κ1) is 13.2. The van der Waals surface area contributed by atoms with E-state index in [-0.39, 0.29) is 6.29 Å². The SMILES string of the molecule is Clc1ccc(OC2CC(c3ccccc3)=CCO2)cc1. The van der Waals surface area contributed by atoms with Gasteiger partial charge in [-0.15, -0.1) is 0 Å². The summed E-state index contributed by atoms with van der Waals surface area (Å²) < 4.78 is 11.5. The Kier molecular flexibility index (Phi) is 4.05. The van der Waals surface area contributed by atoms with E-state index in [2.05, 4.69) is 18.2 Å². The largest absolute Gasteiger partial charge is 0.465 e. The van der Waals surface area contributed by atoms with Crippen LogP contribution in [0.2, 0.25) is 5.02 Å². The zero-order valence-electron chi connectivity index (χ0n) is 11.0. The van der Waals surface area contributed by atoms with E-state index in [4.69, 9.17) is 21.1 Å². The molecular formula is C17H15ClO2. The van der Waals surface area contributed by atoms with Crippen LogP contribution in [-0.4, -0.2) is 12.9 Å². The van der Waals surface area contributed by atoms with Gasteiger partial charge in [0, 0.05) is 11.4 Å². The molecule has 0 radical (unpaired) electrons. The van der Waals surface area contributed by atoms with E-state index in [1.807, 2.05) is 42.5 Å². The Bertz CT molecular complexity index is 590. The minimum Gasteiger partial charge on any atom is -0.465 e. The molecule has 0 saturated heterocycles. The van der Waals surface area contributed by atoms with Crippen molar-refractivity contribution in [2.75, 3.05) is 6.61 Å². The quantitative estimate of drug-likeness (QED) is 0.824. The van der Waals surface area contributed by atoms with Gasteiger partial charge in [-0.2, -0.15) is 0 Å². The summed E-state index contributed by atoms with van der Waals surface area (Å²) in [7, 11) is 0. The number of halogens is 1. The molecule has 0 N–H and O–H groups in total. The predicted molar refractivity (Wildman–Crippen MR) is 80.9 cm³/mol. The molecule has 0 amide bonds. The van der Waals surface area contributed by atoms with Gasteiger partial charge in [0.15, 0.2) is 0 Å². The fourth-order valence-corrected chi connectivity index (χ4v) is 2.33. The molecule has 2 nitrogen and oxygen atoms in total. The maximum absolute atomic E-state index is 5.86. The maximum Gasteiger partial charge on any atom is 0.204 e. The molecule has 1 aliphatic heterocycles. The van der Waals surface area contributed by atoms with Crippen LogP contribution in [0, 0.1) is 0 Å². The van der Waals surface area contributed by atoms with Crippen molar-refractivity contribution in [2.45, 2.75) is 12.7 Å². The van der Waals surface area contributed by atoms with Gasteiger partial charge >= 0.3 is 0 Å². The molecule has 3 rings (SSSR count). The average Bonchev–Trinajstić information content (AvgIpc) is 2.51. The fourth-order valence-electron chi connectivity index (χ4n) is 2.21. The molecule has 1 heterocycles. The van der Waals surface area contributed by atoms with Gasteiger partial charge in [0.25, 0.3) is 0 Å². The highest BCUT2D eigenvalue weighted by atomic mass is 35.5. The fraction of sp³-hybridized carbons (Fsp3) is 0.176. The van der Waals surface area contributed by atoms with Gasteiger partial charge < -0.3 is 9.47 Å². The van der Waals surface area contributed by atoms with Gasteiger partial charge in [-0.25, -0.2) is 0 Å². The Morgan fingerprint density at radius 1 is 1.00 bits per heavy atom. The highest BCUT2D eigenvalue weighted by Gasteiger charge is 2.18. The molecule has 0 aliphatic carbocycles. The Balaban J connectivity index is 1.68. The van der Waals surface area contributed by atoms with E-state index in [0.717, 1.165) is 12.2 Å². The summed E-state index contributed by atoms with van der Waals surface area (Å²) in [5.41, 5.74) is 2.48. The second kappa shape index (κ2) is 6.12. The second-order valence-corrected chi connectivity index (χ2v) is 5.07. The van der Waals surface area contributed by atoms with Crippen LogP contribution in [0.4, 0.5) is 0 Å². The van der Waals surface area contributed by atoms with Crippen LogP contribution >= 0.6 is 11.6 Å². The first-order valence-corrected chi connectivity index (χ1v) is 6.97. The molecule has 2 aromatic carbocycles. The van der Waals surface area contributed by atoms with Crippen molar-refractivity contribution in [3.8, 4) is 5.75 Å². The van der Waals surface area contributed by atoms with Crippen LogP contribution in [0.3, 0.4) is 0 Å². The number of ether oxygens (including phenoxy) is 2. The molecule has 1 unspecified atom stereocenters. The van der Waals surface area contributed by atoms with Crippen molar-refractivity contribution in [3.05, 3.63) is 71.3 Å². The van der Waals surface area contributed by atoms with Gasteiger partial charge in [-0.05, 0) is 35.4 Å². The zero-order chi connectivity index (χ0) is 13.8. The molecule has 0 saturated carbocycles. The van der Waals surface area contributed by atoms with Gasteiger partial charge in [0.05, 0.1) is 6.61 Å². The van der Waals surface area contributed by atoms with Crippen LogP contribution in [-0.2, 0) is 4.74 Å². The molecule has 1 atom stereocenters. The van der Waals surface area contributed by atoms with Crippen molar-refractivity contribution in [1.82, 2.24) is 0 Å². The summed E-state index contributed by atoms with van der Waals surface area (Å²) in [6.07, 6.45) is 2.60. The van der Waals surface area contributed by atoms with Crippen molar-refractivity contribution >= 4 is 17.2 Å². The third kappa shape index (κ3) is 3.21. The number of hydrogen-bond donors (Lipinski definition) is 0. The molecule has 2 aromatic rings.